The van der Waals surface area contributed by atoms with Crippen molar-refractivity contribution >= 4 is 17.6 Å². The monoisotopic (exact) mass is 438 g/mol. The molecule has 0 amide bonds. The number of hydrazone groups is 1. The molecule has 0 atom stereocenters. The van der Waals surface area contributed by atoms with Gasteiger partial charge in [0.1, 0.15) is 18.2 Å². The average Bonchev–Trinajstić information content (AvgIpc) is 3.09. The van der Waals surface area contributed by atoms with E-state index in [1.54, 1.807) is 6.07 Å². The van der Waals surface area contributed by atoms with E-state index in [-0.39, 0.29) is 5.96 Å². The summed E-state index contributed by atoms with van der Waals surface area (Å²) in [5, 5.41) is 20.2. The number of rotatable bonds is 4. The molecule has 0 spiro atoms. The molecule has 1 aliphatic rings. The van der Waals surface area contributed by atoms with E-state index in [4.69, 9.17) is 25.8 Å². The van der Waals surface area contributed by atoms with Gasteiger partial charge in [-0.05, 0) is 23.3 Å². The number of nitrogens with two attached hydrogens (primary N) is 1. The molecule has 0 fully saturated rings. The lowest BCUT2D eigenvalue weighted by molar-refractivity contribution is -0.192. The van der Waals surface area contributed by atoms with Gasteiger partial charge >= 0.3 is 12.1 Å². The SMILES string of the molecule is C=C1CN(C(=N)N)N=C1c1ccc(F)cc1OCc1ccccc1.O=C(O)C(F)(F)F. The summed E-state index contributed by atoms with van der Waals surface area (Å²) in [5.74, 6) is -2.94. The van der Waals surface area contributed by atoms with Crippen LogP contribution in [0.15, 0.2) is 65.8 Å². The summed E-state index contributed by atoms with van der Waals surface area (Å²) in [7, 11) is 0. The Morgan fingerprint density at radius 3 is 2.39 bits per heavy atom. The number of nitrogens with one attached hydrogen (secondary N) is 1. The van der Waals surface area contributed by atoms with Crippen molar-refractivity contribution in [1.29, 1.82) is 5.41 Å². The highest BCUT2D eigenvalue weighted by Crippen LogP contribution is 2.27. The molecule has 1 aliphatic heterocycles. The minimum Gasteiger partial charge on any atom is -0.488 e. The van der Waals surface area contributed by atoms with E-state index >= 15 is 0 Å². The zero-order chi connectivity index (χ0) is 23.2. The van der Waals surface area contributed by atoms with Gasteiger partial charge in [-0.25, -0.2) is 14.2 Å². The predicted octanol–water partition coefficient (Wildman–Crippen LogP) is 3.51. The highest BCUT2D eigenvalue weighted by atomic mass is 19.4. The maximum Gasteiger partial charge on any atom is 0.490 e. The molecule has 11 heteroatoms. The number of benzene rings is 2. The van der Waals surface area contributed by atoms with E-state index in [2.05, 4.69) is 11.7 Å². The van der Waals surface area contributed by atoms with Gasteiger partial charge in [0, 0.05) is 11.6 Å². The molecule has 2 aromatic carbocycles. The van der Waals surface area contributed by atoms with Gasteiger partial charge in [-0.3, -0.25) is 5.41 Å². The lowest BCUT2D eigenvalue weighted by atomic mass is 10.0. The third-order valence-corrected chi connectivity index (χ3v) is 3.85. The fourth-order valence-corrected chi connectivity index (χ4v) is 2.41. The number of nitrogens with zero attached hydrogens (tertiary/aromatic N) is 2. The smallest absolute Gasteiger partial charge is 0.488 e. The first-order valence-electron chi connectivity index (χ1n) is 8.64. The van der Waals surface area contributed by atoms with Crippen LogP contribution in [0.5, 0.6) is 5.75 Å². The molecule has 0 saturated heterocycles. The van der Waals surface area contributed by atoms with E-state index < -0.39 is 18.0 Å². The highest BCUT2D eigenvalue weighted by Gasteiger charge is 2.38. The van der Waals surface area contributed by atoms with Crippen molar-refractivity contribution in [3.63, 3.8) is 0 Å². The number of hydrogen-bond acceptors (Lipinski definition) is 4. The summed E-state index contributed by atoms with van der Waals surface area (Å²) in [4.78, 5) is 8.90. The lowest BCUT2D eigenvalue weighted by Gasteiger charge is -2.12. The van der Waals surface area contributed by atoms with Gasteiger partial charge in [-0.1, -0.05) is 36.9 Å². The van der Waals surface area contributed by atoms with E-state index in [1.165, 1.54) is 17.1 Å². The van der Waals surface area contributed by atoms with Gasteiger partial charge in [-0.2, -0.15) is 18.3 Å². The molecule has 31 heavy (non-hydrogen) atoms. The Hall–Kier alpha value is -3.89. The molecule has 7 nitrogen and oxygen atoms in total. The quantitative estimate of drug-likeness (QED) is 0.384. The zero-order valence-corrected chi connectivity index (χ0v) is 16.0. The first-order valence-corrected chi connectivity index (χ1v) is 8.64. The summed E-state index contributed by atoms with van der Waals surface area (Å²) in [6.45, 7) is 4.60. The largest absolute Gasteiger partial charge is 0.490 e. The maximum absolute atomic E-state index is 13.7. The third-order valence-electron chi connectivity index (χ3n) is 3.85. The van der Waals surface area contributed by atoms with Crippen molar-refractivity contribution in [3.05, 3.63) is 77.6 Å². The second-order valence-electron chi connectivity index (χ2n) is 6.21. The summed E-state index contributed by atoms with van der Waals surface area (Å²) in [6.07, 6.45) is -5.08. The Balaban J connectivity index is 0.000000423. The minimum absolute atomic E-state index is 0.167. The molecule has 4 N–H and O–H groups in total. The van der Waals surface area contributed by atoms with Crippen molar-refractivity contribution in [2.24, 2.45) is 10.8 Å². The fraction of sp³-hybridized carbons (Fsp3) is 0.150. The molecule has 0 unspecified atom stereocenters. The Labute approximate surface area is 174 Å². The van der Waals surface area contributed by atoms with Crippen molar-refractivity contribution in [1.82, 2.24) is 5.01 Å². The van der Waals surface area contributed by atoms with Crippen LogP contribution in [0.1, 0.15) is 11.1 Å². The molecule has 3 rings (SSSR count). The summed E-state index contributed by atoms with van der Waals surface area (Å²) < 4.78 is 51.2. The van der Waals surface area contributed by atoms with Crippen molar-refractivity contribution in [2.75, 3.05) is 6.54 Å². The van der Waals surface area contributed by atoms with Crippen molar-refractivity contribution < 1.29 is 32.2 Å². The minimum atomic E-state index is -5.08. The van der Waals surface area contributed by atoms with Crippen LogP contribution in [0, 0.1) is 11.2 Å². The van der Waals surface area contributed by atoms with Crippen LogP contribution in [0.2, 0.25) is 0 Å². The average molecular weight is 438 g/mol. The van der Waals surface area contributed by atoms with E-state index in [0.29, 0.717) is 35.7 Å². The second-order valence-corrected chi connectivity index (χ2v) is 6.21. The highest BCUT2D eigenvalue weighted by molar-refractivity contribution is 6.15. The molecule has 0 radical (unpaired) electrons. The Morgan fingerprint density at radius 2 is 1.87 bits per heavy atom. The fourth-order valence-electron chi connectivity index (χ4n) is 2.41. The van der Waals surface area contributed by atoms with Crippen LogP contribution in [0.25, 0.3) is 0 Å². The van der Waals surface area contributed by atoms with Crippen LogP contribution in [0.3, 0.4) is 0 Å². The summed E-state index contributed by atoms with van der Waals surface area (Å²) in [5.41, 5.74) is 8.31. The first-order chi connectivity index (χ1) is 14.5. The number of carboxylic acids is 1. The topological polar surface area (TPSA) is 112 Å². The van der Waals surface area contributed by atoms with E-state index in [9.17, 15) is 17.6 Å². The molecule has 164 valence electrons. The molecule has 2 aromatic rings. The van der Waals surface area contributed by atoms with E-state index in [0.717, 1.165) is 5.56 Å². The van der Waals surface area contributed by atoms with Gasteiger partial charge in [0.15, 0.2) is 0 Å². The van der Waals surface area contributed by atoms with Crippen LogP contribution in [-0.2, 0) is 11.4 Å². The number of alkyl halides is 3. The first kappa shape index (κ1) is 23.4. The number of halogens is 4. The second kappa shape index (κ2) is 9.74. The number of hydrogen-bond donors (Lipinski definition) is 3. The van der Waals surface area contributed by atoms with Crippen LogP contribution >= 0.6 is 0 Å². The number of carbonyl (C=O) groups is 1. The van der Waals surface area contributed by atoms with Gasteiger partial charge in [0.05, 0.1) is 12.3 Å². The summed E-state index contributed by atoms with van der Waals surface area (Å²) in [6, 6.07) is 13.9. The standard InChI is InChI=1S/C18H17FN4O.C2HF3O2/c1-12-10-23(18(20)21)22-17(12)15-8-7-14(19)9-16(15)24-11-13-5-3-2-4-6-13;3-2(4,5)1(6)7/h2-9H,1,10-11H2,(H3,20,21);(H,6,7). The number of ether oxygens (including phenoxy) is 1. The van der Waals surface area contributed by atoms with Crippen molar-refractivity contribution in [2.45, 2.75) is 12.8 Å². The van der Waals surface area contributed by atoms with Crippen LogP contribution in [0.4, 0.5) is 17.6 Å². The normalized spacial score (nSPS) is 13.2. The molecule has 0 saturated carbocycles. The number of aliphatic carboxylic acids is 1. The Kier molecular flexibility index (Phi) is 7.35. The van der Waals surface area contributed by atoms with Gasteiger partial charge in [0.25, 0.3) is 0 Å². The number of carboxylic acid groups (broad SMARTS) is 1. The Bertz CT molecular complexity index is 1010. The molecule has 1 heterocycles. The summed E-state index contributed by atoms with van der Waals surface area (Å²) >= 11 is 0. The van der Waals surface area contributed by atoms with E-state index in [1.807, 2.05) is 30.3 Å². The van der Waals surface area contributed by atoms with Gasteiger partial charge in [-0.15, -0.1) is 0 Å². The molecule has 0 bridgehead atoms. The zero-order valence-electron chi connectivity index (χ0n) is 16.0. The lowest BCUT2D eigenvalue weighted by Crippen LogP contribution is -2.30. The predicted molar refractivity (Wildman–Crippen MR) is 105 cm³/mol. The van der Waals surface area contributed by atoms with Crippen molar-refractivity contribution in [3.8, 4) is 5.75 Å². The Morgan fingerprint density at radius 1 is 1.26 bits per heavy atom. The third kappa shape index (κ3) is 6.56. The van der Waals surface area contributed by atoms with Gasteiger partial charge < -0.3 is 15.6 Å². The van der Waals surface area contributed by atoms with Crippen LogP contribution < -0.4 is 10.5 Å². The molecule has 0 aliphatic carbocycles. The molecular formula is C20H18F4N4O3. The maximum atomic E-state index is 13.7. The molecular weight excluding hydrogens is 420 g/mol. The number of guanidine groups is 1. The van der Waals surface area contributed by atoms with Crippen LogP contribution in [-0.4, -0.2) is 40.5 Å². The van der Waals surface area contributed by atoms with Gasteiger partial charge in [0.2, 0.25) is 5.96 Å². The molecule has 0 aromatic heterocycles.